The van der Waals surface area contributed by atoms with Gasteiger partial charge >= 0.3 is 12.3 Å². The molecule has 0 aliphatic rings. The molecule has 4 nitrogen and oxygen atoms in total. The van der Waals surface area contributed by atoms with E-state index in [9.17, 15) is 23.1 Å². The molecule has 2 aromatic carbocycles. The highest BCUT2D eigenvalue weighted by Crippen LogP contribution is 2.33. The van der Waals surface area contributed by atoms with Crippen LogP contribution in [-0.2, 0) is 13.5 Å². The summed E-state index contributed by atoms with van der Waals surface area (Å²) in [6.07, 6.45) is -4.57. The summed E-state index contributed by atoms with van der Waals surface area (Å²) in [7, 11) is 1.68. The molecule has 1 N–H and O–H groups in total. The van der Waals surface area contributed by atoms with Gasteiger partial charge in [-0.3, -0.25) is 0 Å². The minimum absolute atomic E-state index is 0.0290. The Morgan fingerprint density at radius 2 is 1.89 bits per heavy atom. The van der Waals surface area contributed by atoms with Crippen LogP contribution in [0.15, 0.2) is 36.4 Å². The van der Waals surface area contributed by atoms with Crippen LogP contribution in [0.5, 0.6) is 5.75 Å². The van der Waals surface area contributed by atoms with Crippen molar-refractivity contribution in [2.24, 2.45) is 7.05 Å². The molecule has 1 aromatic heterocycles. The van der Waals surface area contributed by atoms with Gasteiger partial charge in [0.2, 0.25) is 0 Å². The summed E-state index contributed by atoms with van der Waals surface area (Å²) in [5.74, 6) is -1.50. The smallest absolute Gasteiger partial charge is 0.478 e. The van der Waals surface area contributed by atoms with E-state index in [4.69, 9.17) is 23.2 Å². The lowest BCUT2D eigenvalue weighted by atomic mass is 10.1. The van der Waals surface area contributed by atoms with Gasteiger partial charge in [-0.2, -0.15) is 0 Å². The molecule has 0 atom stereocenters. The first-order chi connectivity index (χ1) is 12.6. The van der Waals surface area contributed by atoms with Gasteiger partial charge in [0.25, 0.3) is 0 Å². The number of alkyl halides is 3. The number of carbonyl (C=O) groups is 1. The van der Waals surface area contributed by atoms with Crippen LogP contribution in [0.4, 0.5) is 13.2 Å². The number of aromatic carboxylic acids is 1. The molecule has 0 amide bonds. The first-order valence-electron chi connectivity index (χ1n) is 7.61. The molecule has 0 unspecified atom stereocenters. The number of nitrogens with zero attached hydrogens (tertiary/aromatic N) is 1. The molecule has 142 valence electrons. The second-order valence-electron chi connectivity index (χ2n) is 5.83. The van der Waals surface area contributed by atoms with E-state index in [1.54, 1.807) is 17.7 Å². The fourth-order valence-electron chi connectivity index (χ4n) is 2.84. The van der Waals surface area contributed by atoms with Crippen molar-refractivity contribution in [3.63, 3.8) is 0 Å². The number of halogens is 5. The van der Waals surface area contributed by atoms with Crippen LogP contribution in [0.2, 0.25) is 10.0 Å². The fraction of sp³-hybridized carbons (Fsp3) is 0.167. The zero-order chi connectivity index (χ0) is 19.9. The summed E-state index contributed by atoms with van der Waals surface area (Å²) >= 11 is 12.4. The van der Waals surface area contributed by atoms with Crippen LogP contribution in [0.1, 0.15) is 21.6 Å². The highest BCUT2D eigenvalue weighted by Gasteiger charge is 2.31. The predicted octanol–water partition coefficient (Wildman–Crippen LogP) is 5.67. The van der Waals surface area contributed by atoms with Gasteiger partial charge in [0.15, 0.2) is 0 Å². The standard InChI is InChI=1S/C18H12Cl2F3NO3/c1-24-10(7-13-14(19)5-4-12(16(13)20)17(25)26)6-9-2-3-11(8-15(9)24)27-18(21,22)23/h2-6,8H,7H2,1H3,(H,25,26). The summed E-state index contributed by atoms with van der Waals surface area (Å²) < 4.78 is 42.9. The molecule has 1 heterocycles. The summed E-state index contributed by atoms with van der Waals surface area (Å²) in [6, 6.07) is 8.56. The number of carboxylic acids is 1. The van der Waals surface area contributed by atoms with E-state index in [2.05, 4.69) is 4.74 Å². The van der Waals surface area contributed by atoms with Crippen LogP contribution in [0, 0.1) is 0 Å². The van der Waals surface area contributed by atoms with E-state index in [-0.39, 0.29) is 22.8 Å². The topological polar surface area (TPSA) is 51.5 Å². The molecule has 0 fully saturated rings. The van der Waals surface area contributed by atoms with E-state index >= 15 is 0 Å². The van der Waals surface area contributed by atoms with Crippen LogP contribution >= 0.6 is 23.2 Å². The molecule has 3 aromatic rings. The van der Waals surface area contributed by atoms with Gasteiger partial charge in [0.1, 0.15) is 5.75 Å². The Morgan fingerprint density at radius 3 is 2.52 bits per heavy atom. The first kappa shape index (κ1) is 19.4. The van der Waals surface area contributed by atoms with E-state index < -0.39 is 12.3 Å². The van der Waals surface area contributed by atoms with E-state index in [1.165, 1.54) is 30.3 Å². The minimum Gasteiger partial charge on any atom is -0.478 e. The van der Waals surface area contributed by atoms with Crippen molar-refractivity contribution in [2.75, 3.05) is 0 Å². The SMILES string of the molecule is Cn1c(Cc2c(Cl)ccc(C(=O)O)c2Cl)cc2ccc(OC(F)(F)F)cc21. The van der Waals surface area contributed by atoms with Gasteiger partial charge in [-0.1, -0.05) is 23.2 Å². The lowest BCUT2D eigenvalue weighted by molar-refractivity contribution is -0.274. The summed E-state index contributed by atoms with van der Waals surface area (Å²) in [4.78, 5) is 11.3. The van der Waals surface area contributed by atoms with Gasteiger partial charge < -0.3 is 14.4 Å². The van der Waals surface area contributed by atoms with E-state index in [0.717, 1.165) is 0 Å². The number of aromatic nitrogens is 1. The summed E-state index contributed by atoms with van der Waals surface area (Å²) in [6.45, 7) is 0. The summed E-state index contributed by atoms with van der Waals surface area (Å²) in [5, 5.41) is 10.2. The lowest BCUT2D eigenvalue weighted by Crippen LogP contribution is -2.17. The zero-order valence-corrected chi connectivity index (χ0v) is 15.3. The molecule has 0 bridgehead atoms. The number of rotatable bonds is 4. The average Bonchev–Trinajstić information content (AvgIpc) is 2.85. The molecule has 0 aliphatic heterocycles. The van der Waals surface area contributed by atoms with Crippen molar-refractivity contribution in [1.82, 2.24) is 4.57 Å². The van der Waals surface area contributed by atoms with E-state index in [1.807, 2.05) is 0 Å². The molecule has 9 heteroatoms. The number of benzene rings is 2. The van der Waals surface area contributed by atoms with E-state index in [0.29, 0.717) is 27.2 Å². The van der Waals surface area contributed by atoms with Crippen molar-refractivity contribution in [3.8, 4) is 5.75 Å². The van der Waals surface area contributed by atoms with Gasteiger partial charge in [-0.05, 0) is 35.9 Å². The number of ether oxygens (including phenoxy) is 1. The molecule has 0 saturated heterocycles. The molecule has 0 radical (unpaired) electrons. The number of hydrogen-bond donors (Lipinski definition) is 1. The highest BCUT2D eigenvalue weighted by molar-refractivity contribution is 6.38. The molecular weight excluding hydrogens is 406 g/mol. The Hall–Kier alpha value is -2.38. The first-order valence-corrected chi connectivity index (χ1v) is 8.36. The Morgan fingerprint density at radius 1 is 1.19 bits per heavy atom. The number of hydrogen-bond acceptors (Lipinski definition) is 2. The largest absolute Gasteiger partial charge is 0.573 e. The third-order valence-corrected chi connectivity index (χ3v) is 4.91. The molecule has 0 saturated carbocycles. The molecule has 27 heavy (non-hydrogen) atoms. The number of fused-ring (bicyclic) bond motifs is 1. The van der Waals surface area contributed by atoms with Crippen molar-refractivity contribution in [3.05, 3.63) is 63.3 Å². The monoisotopic (exact) mass is 417 g/mol. The molecule has 3 rings (SSSR count). The lowest BCUT2D eigenvalue weighted by Gasteiger charge is -2.11. The normalized spacial score (nSPS) is 11.8. The van der Waals surface area contributed by atoms with Crippen molar-refractivity contribution < 1.29 is 27.8 Å². The van der Waals surface area contributed by atoms with Gasteiger partial charge in [0, 0.05) is 35.6 Å². The number of aryl methyl sites for hydroxylation is 1. The Balaban J connectivity index is 2.03. The zero-order valence-electron chi connectivity index (χ0n) is 13.8. The maximum Gasteiger partial charge on any atom is 0.573 e. The third-order valence-electron chi connectivity index (χ3n) is 4.12. The minimum atomic E-state index is -4.78. The third kappa shape index (κ3) is 3.99. The molecule has 0 spiro atoms. The summed E-state index contributed by atoms with van der Waals surface area (Å²) in [5.41, 5.74) is 1.57. The average molecular weight is 418 g/mol. The Labute approximate surface area is 161 Å². The maximum atomic E-state index is 12.4. The van der Waals surface area contributed by atoms with Crippen LogP contribution in [0.3, 0.4) is 0 Å². The van der Waals surface area contributed by atoms with Gasteiger partial charge in [0.05, 0.1) is 16.1 Å². The van der Waals surface area contributed by atoms with Crippen molar-refractivity contribution in [2.45, 2.75) is 12.8 Å². The van der Waals surface area contributed by atoms with Crippen LogP contribution < -0.4 is 4.74 Å². The second kappa shape index (κ2) is 6.98. The Bertz CT molecular complexity index is 1040. The van der Waals surface area contributed by atoms with Crippen LogP contribution in [-0.4, -0.2) is 22.0 Å². The Kier molecular flexibility index (Phi) is 5.01. The molecule has 0 aliphatic carbocycles. The van der Waals surface area contributed by atoms with Gasteiger partial charge in [-0.15, -0.1) is 13.2 Å². The number of carboxylic acid groups (broad SMARTS) is 1. The maximum absolute atomic E-state index is 12.4. The quantitative estimate of drug-likeness (QED) is 0.594. The predicted molar refractivity (Wildman–Crippen MR) is 95.8 cm³/mol. The second-order valence-corrected chi connectivity index (χ2v) is 6.62. The highest BCUT2D eigenvalue weighted by atomic mass is 35.5. The van der Waals surface area contributed by atoms with Gasteiger partial charge in [-0.25, -0.2) is 4.79 Å². The molecular formula is C18H12Cl2F3NO3. The van der Waals surface area contributed by atoms with Crippen molar-refractivity contribution >= 4 is 40.1 Å². The van der Waals surface area contributed by atoms with Crippen LogP contribution in [0.25, 0.3) is 10.9 Å². The fourth-order valence-corrected chi connectivity index (χ4v) is 3.42. The van der Waals surface area contributed by atoms with Crippen molar-refractivity contribution in [1.29, 1.82) is 0 Å².